The standard InChI is InChI=1S/C21H29N5O/c1-2-25-13-12-24-18(25)15-26(17-14-21(17)8-10-23-11-9-21)20(27)19(22)16-6-4-3-5-7-16/h3-7,12-13,17,19,23H,2,8-11,14-15,22H2,1H3. The van der Waals surface area contributed by atoms with Gasteiger partial charge in [0, 0.05) is 25.0 Å². The molecule has 3 N–H and O–H groups in total. The number of benzene rings is 1. The third-order valence-electron chi connectivity index (χ3n) is 6.28. The SMILES string of the molecule is CCn1ccnc1CN(C(=O)C(N)c1ccccc1)C1CC12CCNCC2. The van der Waals surface area contributed by atoms with Crippen LogP contribution in [0.25, 0.3) is 0 Å². The molecule has 1 aromatic carbocycles. The van der Waals surface area contributed by atoms with Crippen LogP contribution in [0.2, 0.25) is 0 Å². The van der Waals surface area contributed by atoms with E-state index in [1.165, 1.54) is 0 Å². The Morgan fingerprint density at radius 3 is 2.81 bits per heavy atom. The molecule has 4 rings (SSSR count). The number of carbonyl (C=O) groups is 1. The number of amides is 1. The largest absolute Gasteiger partial charge is 0.334 e. The summed E-state index contributed by atoms with van der Waals surface area (Å²) in [5.74, 6) is 0.939. The molecule has 2 heterocycles. The second-order valence-corrected chi connectivity index (χ2v) is 7.82. The van der Waals surface area contributed by atoms with Crippen LogP contribution in [0.15, 0.2) is 42.7 Å². The van der Waals surface area contributed by atoms with Gasteiger partial charge in [0.1, 0.15) is 11.9 Å². The Labute approximate surface area is 160 Å². The molecule has 1 aromatic heterocycles. The van der Waals surface area contributed by atoms with Crippen molar-refractivity contribution in [3.8, 4) is 0 Å². The summed E-state index contributed by atoms with van der Waals surface area (Å²) in [7, 11) is 0. The summed E-state index contributed by atoms with van der Waals surface area (Å²) in [6.07, 6.45) is 7.12. The van der Waals surface area contributed by atoms with Crippen molar-refractivity contribution in [1.29, 1.82) is 0 Å². The van der Waals surface area contributed by atoms with Gasteiger partial charge in [-0.25, -0.2) is 4.98 Å². The fraction of sp³-hybridized carbons (Fsp3) is 0.524. The van der Waals surface area contributed by atoms with Gasteiger partial charge in [-0.3, -0.25) is 4.79 Å². The predicted octanol–water partition coefficient (Wildman–Crippen LogP) is 2.07. The van der Waals surface area contributed by atoms with E-state index in [0.717, 1.165) is 50.3 Å². The van der Waals surface area contributed by atoms with E-state index in [9.17, 15) is 4.79 Å². The maximum Gasteiger partial charge on any atom is 0.244 e. The topological polar surface area (TPSA) is 76.2 Å². The molecule has 1 saturated carbocycles. The highest BCUT2D eigenvalue weighted by atomic mass is 16.2. The number of nitrogens with zero attached hydrogens (tertiary/aromatic N) is 3. The second-order valence-electron chi connectivity index (χ2n) is 7.82. The maximum atomic E-state index is 13.4. The highest BCUT2D eigenvalue weighted by Crippen LogP contribution is 2.56. The van der Waals surface area contributed by atoms with Gasteiger partial charge in [0.2, 0.25) is 5.91 Å². The van der Waals surface area contributed by atoms with Gasteiger partial charge in [0.15, 0.2) is 0 Å². The summed E-state index contributed by atoms with van der Waals surface area (Å²) in [6.45, 7) is 5.54. The number of aromatic nitrogens is 2. The molecule has 0 bridgehead atoms. The van der Waals surface area contributed by atoms with Crippen molar-refractivity contribution >= 4 is 5.91 Å². The van der Waals surface area contributed by atoms with Crippen molar-refractivity contribution in [1.82, 2.24) is 19.8 Å². The number of hydrogen-bond donors (Lipinski definition) is 2. The summed E-state index contributed by atoms with van der Waals surface area (Å²) in [5, 5.41) is 3.44. The first-order valence-corrected chi connectivity index (χ1v) is 9.96. The van der Waals surface area contributed by atoms with Crippen molar-refractivity contribution in [2.75, 3.05) is 13.1 Å². The van der Waals surface area contributed by atoms with Crippen molar-refractivity contribution in [2.24, 2.45) is 11.1 Å². The van der Waals surface area contributed by atoms with Crippen LogP contribution in [0, 0.1) is 5.41 Å². The molecule has 1 spiro atoms. The van der Waals surface area contributed by atoms with E-state index >= 15 is 0 Å². The van der Waals surface area contributed by atoms with Crippen LogP contribution in [0.1, 0.15) is 43.6 Å². The highest BCUT2D eigenvalue weighted by molar-refractivity contribution is 5.83. The number of nitrogens with one attached hydrogen (secondary N) is 1. The lowest BCUT2D eigenvalue weighted by Gasteiger charge is -2.31. The zero-order valence-electron chi connectivity index (χ0n) is 16.0. The zero-order valence-corrected chi connectivity index (χ0v) is 16.0. The first kappa shape index (κ1) is 18.2. The van der Waals surface area contributed by atoms with E-state index in [1.54, 1.807) is 0 Å². The average Bonchev–Trinajstić information content (AvgIpc) is 3.19. The van der Waals surface area contributed by atoms with E-state index in [2.05, 4.69) is 21.8 Å². The number of imidazole rings is 1. The smallest absolute Gasteiger partial charge is 0.244 e. The lowest BCUT2D eigenvalue weighted by molar-refractivity contribution is -0.134. The molecule has 2 unspecified atom stereocenters. The summed E-state index contributed by atoms with van der Waals surface area (Å²) in [5.41, 5.74) is 7.52. The fourth-order valence-electron chi connectivity index (χ4n) is 4.48. The molecule has 2 fully saturated rings. The Balaban J connectivity index is 1.59. The zero-order chi connectivity index (χ0) is 18.9. The van der Waals surface area contributed by atoms with Crippen molar-refractivity contribution < 1.29 is 4.79 Å². The molecule has 6 heteroatoms. The van der Waals surface area contributed by atoms with Crippen LogP contribution >= 0.6 is 0 Å². The van der Waals surface area contributed by atoms with Crippen LogP contribution in [-0.4, -0.2) is 39.5 Å². The quantitative estimate of drug-likeness (QED) is 0.820. The Bertz CT molecular complexity index is 781. The monoisotopic (exact) mass is 367 g/mol. The molecule has 2 atom stereocenters. The first-order valence-electron chi connectivity index (χ1n) is 9.96. The molecule has 1 aliphatic carbocycles. The van der Waals surface area contributed by atoms with Crippen molar-refractivity contribution in [2.45, 2.75) is 51.4 Å². The highest BCUT2D eigenvalue weighted by Gasteiger charge is 2.58. The summed E-state index contributed by atoms with van der Waals surface area (Å²) >= 11 is 0. The molecule has 27 heavy (non-hydrogen) atoms. The number of hydrogen-bond acceptors (Lipinski definition) is 4. The molecule has 6 nitrogen and oxygen atoms in total. The van der Waals surface area contributed by atoms with Gasteiger partial charge in [0.05, 0.1) is 6.54 Å². The van der Waals surface area contributed by atoms with Crippen LogP contribution < -0.4 is 11.1 Å². The molecule has 2 aromatic rings. The van der Waals surface area contributed by atoms with Crippen molar-refractivity contribution in [3.63, 3.8) is 0 Å². The number of nitrogens with two attached hydrogens (primary N) is 1. The Kier molecular flexibility index (Phi) is 5.02. The predicted molar refractivity (Wildman–Crippen MR) is 105 cm³/mol. The minimum Gasteiger partial charge on any atom is -0.334 e. The van der Waals surface area contributed by atoms with Crippen molar-refractivity contribution in [3.05, 3.63) is 54.1 Å². The molecule has 1 amide bonds. The van der Waals surface area contributed by atoms with Gasteiger partial charge in [-0.1, -0.05) is 30.3 Å². The number of rotatable bonds is 6. The van der Waals surface area contributed by atoms with Gasteiger partial charge in [-0.2, -0.15) is 0 Å². The maximum absolute atomic E-state index is 13.4. The lowest BCUT2D eigenvalue weighted by Crippen LogP contribution is -2.43. The Morgan fingerprint density at radius 1 is 1.37 bits per heavy atom. The van der Waals surface area contributed by atoms with Crippen LogP contribution in [0.3, 0.4) is 0 Å². The third kappa shape index (κ3) is 3.51. The van der Waals surface area contributed by atoms with Crippen LogP contribution in [0.4, 0.5) is 0 Å². The van der Waals surface area contributed by atoms with Crippen LogP contribution in [-0.2, 0) is 17.9 Å². The summed E-state index contributed by atoms with van der Waals surface area (Å²) in [4.78, 5) is 19.9. The molecule has 1 saturated heterocycles. The van der Waals surface area contributed by atoms with E-state index < -0.39 is 6.04 Å². The lowest BCUT2D eigenvalue weighted by atomic mass is 9.93. The molecule has 0 radical (unpaired) electrons. The molecular formula is C21H29N5O. The average molecular weight is 367 g/mol. The van der Waals surface area contributed by atoms with E-state index in [1.807, 2.05) is 47.6 Å². The van der Waals surface area contributed by atoms with E-state index in [-0.39, 0.29) is 17.4 Å². The molecular weight excluding hydrogens is 338 g/mol. The molecule has 2 aliphatic rings. The number of piperidine rings is 1. The Morgan fingerprint density at radius 2 is 2.11 bits per heavy atom. The first-order chi connectivity index (χ1) is 13.1. The molecule has 1 aliphatic heterocycles. The Hall–Kier alpha value is -2.18. The summed E-state index contributed by atoms with van der Waals surface area (Å²) in [6, 6.07) is 9.31. The van der Waals surface area contributed by atoms with E-state index in [0.29, 0.717) is 6.54 Å². The number of carbonyl (C=O) groups excluding carboxylic acids is 1. The van der Waals surface area contributed by atoms with Gasteiger partial charge in [-0.05, 0) is 50.3 Å². The minimum absolute atomic E-state index is 0.00672. The normalized spacial score (nSPS) is 21.8. The van der Waals surface area contributed by atoms with Gasteiger partial charge >= 0.3 is 0 Å². The van der Waals surface area contributed by atoms with E-state index in [4.69, 9.17) is 5.73 Å². The summed E-state index contributed by atoms with van der Waals surface area (Å²) < 4.78 is 2.10. The van der Waals surface area contributed by atoms with Gasteiger partial charge in [-0.15, -0.1) is 0 Å². The fourth-order valence-corrected chi connectivity index (χ4v) is 4.48. The molecule has 144 valence electrons. The van der Waals surface area contributed by atoms with Gasteiger partial charge in [0.25, 0.3) is 0 Å². The minimum atomic E-state index is -0.629. The van der Waals surface area contributed by atoms with Crippen LogP contribution in [0.5, 0.6) is 0 Å². The van der Waals surface area contributed by atoms with Gasteiger partial charge < -0.3 is 20.5 Å². The number of aryl methyl sites for hydroxylation is 1. The second kappa shape index (κ2) is 7.44. The third-order valence-corrected chi connectivity index (χ3v) is 6.28.